The summed E-state index contributed by atoms with van der Waals surface area (Å²) in [6, 6.07) is 22.5. The predicted molar refractivity (Wildman–Crippen MR) is 127 cm³/mol. The summed E-state index contributed by atoms with van der Waals surface area (Å²) in [5.74, 6) is -1.52. The summed E-state index contributed by atoms with van der Waals surface area (Å²) in [6.45, 7) is 3.99. The van der Waals surface area contributed by atoms with Crippen LogP contribution in [0.4, 0.5) is 5.13 Å². The van der Waals surface area contributed by atoms with Crippen LogP contribution in [0.1, 0.15) is 41.5 Å². The van der Waals surface area contributed by atoms with E-state index in [1.807, 2.05) is 38.1 Å². The van der Waals surface area contributed by atoms with Crippen LogP contribution in [0, 0.1) is 13.8 Å². The van der Waals surface area contributed by atoms with Crippen LogP contribution in [0.3, 0.4) is 0 Å². The first-order valence-corrected chi connectivity index (χ1v) is 10.8. The molecular weight excluding hydrogens is 420 g/mol. The number of aromatic nitrogens is 1. The largest absolute Gasteiger partial charge is 0.298 e. The smallest absolute Gasteiger partial charge is 0.257 e. The minimum Gasteiger partial charge on any atom is -0.298 e. The quantitative estimate of drug-likeness (QED) is 0.306. The molecule has 1 aromatic heterocycles. The molecule has 4 aromatic rings. The standard InChI is InChI=1S/C26H20N2O3S/c1-16-8-10-18(11-9-16)22-17(2)32-26(27-22)28-25(31)21-14-12-20(13-15-21)24(30)23(29)19-6-4-3-5-7-19/h3-15H,1-2H3,(H,27,28,31). The summed E-state index contributed by atoms with van der Waals surface area (Å²) in [5.41, 5.74) is 3.95. The lowest BCUT2D eigenvalue weighted by molar-refractivity contribution is 0.0817. The van der Waals surface area contributed by atoms with Crippen molar-refractivity contribution < 1.29 is 14.4 Å². The maximum atomic E-state index is 12.7. The maximum Gasteiger partial charge on any atom is 0.257 e. The number of nitrogens with one attached hydrogen (secondary N) is 1. The highest BCUT2D eigenvalue weighted by Crippen LogP contribution is 2.30. The number of ketones is 2. The van der Waals surface area contributed by atoms with E-state index < -0.39 is 11.6 Å². The number of carbonyl (C=O) groups excluding carboxylic acids is 3. The second-order valence-corrected chi connectivity index (χ2v) is 8.55. The number of rotatable bonds is 6. The number of hydrogen-bond acceptors (Lipinski definition) is 5. The second-order valence-electron chi connectivity index (χ2n) is 7.35. The number of anilines is 1. The summed E-state index contributed by atoms with van der Waals surface area (Å²) < 4.78 is 0. The van der Waals surface area contributed by atoms with Crippen LogP contribution in [0.5, 0.6) is 0 Å². The molecule has 1 heterocycles. The normalized spacial score (nSPS) is 10.6. The van der Waals surface area contributed by atoms with Crippen molar-refractivity contribution in [2.45, 2.75) is 13.8 Å². The number of Topliss-reactive ketones (excluding diaryl/α,β-unsaturated/α-hetero) is 2. The maximum absolute atomic E-state index is 12.7. The fourth-order valence-electron chi connectivity index (χ4n) is 3.22. The van der Waals surface area contributed by atoms with Crippen molar-refractivity contribution in [3.05, 3.63) is 106 Å². The van der Waals surface area contributed by atoms with Crippen LogP contribution in [-0.2, 0) is 0 Å². The molecule has 158 valence electrons. The molecule has 0 bridgehead atoms. The molecule has 0 radical (unpaired) electrons. The average Bonchev–Trinajstić information content (AvgIpc) is 3.19. The summed E-state index contributed by atoms with van der Waals surface area (Å²) in [7, 11) is 0. The molecular formula is C26H20N2O3S. The number of aryl methyl sites for hydroxylation is 2. The Balaban J connectivity index is 1.46. The Morgan fingerprint density at radius 3 is 1.91 bits per heavy atom. The number of carbonyl (C=O) groups is 3. The van der Waals surface area contributed by atoms with E-state index in [2.05, 4.69) is 10.3 Å². The number of nitrogens with zero attached hydrogens (tertiary/aromatic N) is 1. The zero-order valence-corrected chi connectivity index (χ0v) is 18.4. The Bertz CT molecular complexity index is 1290. The van der Waals surface area contributed by atoms with Gasteiger partial charge in [-0.15, -0.1) is 11.3 Å². The Hall–Kier alpha value is -3.90. The van der Waals surface area contributed by atoms with Crippen LogP contribution in [0.15, 0.2) is 78.9 Å². The van der Waals surface area contributed by atoms with E-state index in [-0.39, 0.29) is 11.5 Å². The van der Waals surface area contributed by atoms with Gasteiger partial charge in [-0.05, 0) is 26.0 Å². The highest BCUT2D eigenvalue weighted by atomic mass is 32.1. The third-order valence-electron chi connectivity index (χ3n) is 4.99. The Morgan fingerprint density at radius 2 is 1.28 bits per heavy atom. The van der Waals surface area contributed by atoms with Gasteiger partial charge in [0.1, 0.15) is 0 Å². The first kappa shape index (κ1) is 21.3. The van der Waals surface area contributed by atoms with E-state index in [0.29, 0.717) is 16.3 Å². The van der Waals surface area contributed by atoms with Gasteiger partial charge in [0.15, 0.2) is 5.13 Å². The molecule has 1 N–H and O–H groups in total. The average molecular weight is 441 g/mol. The van der Waals surface area contributed by atoms with Crippen molar-refractivity contribution >= 4 is 33.9 Å². The van der Waals surface area contributed by atoms with Gasteiger partial charge in [0, 0.05) is 27.1 Å². The predicted octanol–water partition coefficient (Wildman–Crippen LogP) is 5.74. The van der Waals surface area contributed by atoms with Gasteiger partial charge in [0.2, 0.25) is 11.6 Å². The zero-order chi connectivity index (χ0) is 22.7. The third kappa shape index (κ3) is 4.55. The molecule has 0 atom stereocenters. The first-order valence-electron chi connectivity index (χ1n) is 10.0. The Kier molecular flexibility index (Phi) is 6.05. The molecule has 0 fully saturated rings. The lowest BCUT2D eigenvalue weighted by Crippen LogP contribution is -2.15. The monoisotopic (exact) mass is 440 g/mol. The molecule has 0 saturated heterocycles. The minimum absolute atomic E-state index is 0.238. The fourth-order valence-corrected chi connectivity index (χ4v) is 4.05. The summed E-state index contributed by atoms with van der Waals surface area (Å²) in [4.78, 5) is 43.0. The lowest BCUT2D eigenvalue weighted by atomic mass is 10.0. The van der Waals surface area contributed by atoms with Crippen LogP contribution >= 0.6 is 11.3 Å². The lowest BCUT2D eigenvalue weighted by Gasteiger charge is -2.04. The van der Waals surface area contributed by atoms with E-state index in [9.17, 15) is 14.4 Å². The first-order chi connectivity index (χ1) is 15.4. The molecule has 1 amide bonds. The fraction of sp³-hybridized carbons (Fsp3) is 0.0769. The van der Waals surface area contributed by atoms with Crippen molar-refractivity contribution in [1.82, 2.24) is 4.98 Å². The van der Waals surface area contributed by atoms with Gasteiger partial charge in [-0.2, -0.15) is 0 Å². The molecule has 0 aliphatic carbocycles. The van der Waals surface area contributed by atoms with Gasteiger partial charge >= 0.3 is 0 Å². The molecule has 4 rings (SSSR count). The molecule has 5 nitrogen and oxygen atoms in total. The minimum atomic E-state index is -0.610. The second kappa shape index (κ2) is 9.08. The summed E-state index contributed by atoms with van der Waals surface area (Å²) in [5, 5.41) is 3.32. The highest BCUT2D eigenvalue weighted by Gasteiger charge is 2.19. The van der Waals surface area contributed by atoms with Crippen LogP contribution in [0.2, 0.25) is 0 Å². The van der Waals surface area contributed by atoms with Gasteiger partial charge in [0.25, 0.3) is 5.91 Å². The van der Waals surface area contributed by atoms with Crippen molar-refractivity contribution in [2.24, 2.45) is 0 Å². The van der Waals surface area contributed by atoms with Crippen molar-refractivity contribution in [1.29, 1.82) is 0 Å². The van der Waals surface area contributed by atoms with E-state index in [1.54, 1.807) is 30.3 Å². The molecule has 6 heteroatoms. The molecule has 0 spiro atoms. The van der Waals surface area contributed by atoms with Crippen LogP contribution in [0.25, 0.3) is 11.3 Å². The van der Waals surface area contributed by atoms with Gasteiger partial charge in [-0.1, -0.05) is 72.3 Å². The van der Waals surface area contributed by atoms with Gasteiger partial charge in [-0.25, -0.2) is 4.98 Å². The van der Waals surface area contributed by atoms with Crippen LogP contribution < -0.4 is 5.32 Å². The van der Waals surface area contributed by atoms with Gasteiger partial charge in [-0.3, -0.25) is 19.7 Å². The molecule has 32 heavy (non-hydrogen) atoms. The van der Waals surface area contributed by atoms with Crippen molar-refractivity contribution in [3.8, 4) is 11.3 Å². The Morgan fingerprint density at radius 1 is 0.719 bits per heavy atom. The van der Waals surface area contributed by atoms with E-state index >= 15 is 0 Å². The van der Waals surface area contributed by atoms with Crippen molar-refractivity contribution in [3.63, 3.8) is 0 Å². The summed E-state index contributed by atoms with van der Waals surface area (Å²) in [6.07, 6.45) is 0. The highest BCUT2D eigenvalue weighted by molar-refractivity contribution is 7.16. The molecule has 0 saturated carbocycles. The topological polar surface area (TPSA) is 76.1 Å². The van der Waals surface area contributed by atoms with Crippen molar-refractivity contribution in [2.75, 3.05) is 5.32 Å². The number of benzene rings is 3. The number of amides is 1. The number of hydrogen-bond donors (Lipinski definition) is 1. The molecule has 3 aromatic carbocycles. The summed E-state index contributed by atoms with van der Waals surface area (Å²) >= 11 is 1.40. The van der Waals surface area contributed by atoms with E-state index in [4.69, 9.17) is 0 Å². The Labute approximate surface area is 189 Å². The van der Waals surface area contributed by atoms with E-state index in [0.717, 1.165) is 16.1 Å². The van der Waals surface area contributed by atoms with Crippen LogP contribution in [-0.4, -0.2) is 22.5 Å². The zero-order valence-electron chi connectivity index (χ0n) is 17.6. The molecule has 0 aliphatic heterocycles. The molecule has 0 aliphatic rings. The third-order valence-corrected chi connectivity index (χ3v) is 5.88. The van der Waals surface area contributed by atoms with Gasteiger partial charge < -0.3 is 0 Å². The van der Waals surface area contributed by atoms with E-state index in [1.165, 1.54) is 41.2 Å². The SMILES string of the molecule is Cc1ccc(-c2nc(NC(=O)c3ccc(C(=O)C(=O)c4ccccc4)cc3)sc2C)cc1. The molecule has 0 unspecified atom stereocenters. The van der Waals surface area contributed by atoms with Gasteiger partial charge in [0.05, 0.1) is 5.69 Å². The number of thiazole rings is 1.